The lowest BCUT2D eigenvalue weighted by molar-refractivity contribution is -0.384. The highest BCUT2D eigenvalue weighted by molar-refractivity contribution is 6.05. The van der Waals surface area contributed by atoms with Crippen molar-refractivity contribution in [1.29, 1.82) is 0 Å². The summed E-state index contributed by atoms with van der Waals surface area (Å²) < 4.78 is 5.74. The molecule has 0 atom stereocenters. The van der Waals surface area contributed by atoms with Crippen molar-refractivity contribution in [2.75, 3.05) is 5.32 Å². The highest BCUT2D eigenvalue weighted by Crippen LogP contribution is 2.26. The molecule has 3 aromatic carbocycles. The summed E-state index contributed by atoms with van der Waals surface area (Å²) in [6, 6.07) is 20.2. The zero-order valence-corrected chi connectivity index (χ0v) is 14.0. The van der Waals surface area contributed by atoms with E-state index in [-0.39, 0.29) is 11.3 Å². The fraction of sp³-hybridized carbons (Fsp3) is 0. The summed E-state index contributed by atoms with van der Waals surface area (Å²) >= 11 is 0. The maximum atomic E-state index is 12.4. The van der Waals surface area contributed by atoms with Gasteiger partial charge in [-0.3, -0.25) is 14.9 Å². The van der Waals surface area contributed by atoms with Crippen LogP contribution in [0.4, 0.5) is 11.4 Å². The lowest BCUT2D eigenvalue weighted by Gasteiger charge is -2.04. The third-order valence-electron chi connectivity index (χ3n) is 3.99. The summed E-state index contributed by atoms with van der Waals surface area (Å²) in [5.74, 6) is 0.0533. The Hall–Kier alpha value is -4.00. The van der Waals surface area contributed by atoms with E-state index < -0.39 is 10.8 Å². The Labute approximate surface area is 153 Å². The lowest BCUT2D eigenvalue weighted by atomic mass is 10.2. The van der Waals surface area contributed by atoms with E-state index in [1.165, 1.54) is 24.3 Å². The number of non-ortho nitro benzene ring substituents is 1. The smallest absolute Gasteiger partial charge is 0.270 e. The number of carbonyl (C=O) groups is 1. The van der Waals surface area contributed by atoms with E-state index in [4.69, 9.17) is 4.42 Å². The average molecular weight is 359 g/mol. The van der Waals surface area contributed by atoms with Gasteiger partial charge in [0, 0.05) is 28.9 Å². The molecule has 4 rings (SSSR count). The molecule has 7 heteroatoms. The number of nitro groups is 1. The van der Waals surface area contributed by atoms with Gasteiger partial charge in [-0.15, -0.1) is 0 Å². The molecule has 4 aromatic rings. The van der Waals surface area contributed by atoms with Gasteiger partial charge >= 0.3 is 0 Å². The second kappa shape index (κ2) is 6.72. The van der Waals surface area contributed by atoms with Gasteiger partial charge in [0.1, 0.15) is 5.52 Å². The van der Waals surface area contributed by atoms with Crippen LogP contribution in [0, 0.1) is 10.1 Å². The summed E-state index contributed by atoms with van der Waals surface area (Å²) in [5.41, 5.74) is 2.65. The molecule has 0 saturated carbocycles. The number of anilines is 1. The van der Waals surface area contributed by atoms with E-state index in [0.29, 0.717) is 22.7 Å². The molecule has 1 amide bonds. The Bertz CT molecular complexity index is 1150. The van der Waals surface area contributed by atoms with E-state index in [1.807, 2.05) is 30.3 Å². The van der Waals surface area contributed by atoms with E-state index in [1.54, 1.807) is 18.2 Å². The molecule has 1 heterocycles. The Morgan fingerprint density at radius 2 is 1.81 bits per heavy atom. The van der Waals surface area contributed by atoms with Crippen LogP contribution >= 0.6 is 0 Å². The normalized spacial score (nSPS) is 10.7. The van der Waals surface area contributed by atoms with Crippen LogP contribution in [-0.2, 0) is 0 Å². The first-order chi connectivity index (χ1) is 13.1. The van der Waals surface area contributed by atoms with Crippen molar-refractivity contribution >= 4 is 28.4 Å². The number of nitrogens with zero attached hydrogens (tertiary/aromatic N) is 2. The second-order valence-electron chi connectivity index (χ2n) is 5.83. The minimum atomic E-state index is -0.538. The van der Waals surface area contributed by atoms with Gasteiger partial charge in [0.05, 0.1) is 4.92 Å². The number of nitrogens with one attached hydrogen (secondary N) is 1. The van der Waals surface area contributed by atoms with Crippen LogP contribution in [-0.4, -0.2) is 15.8 Å². The number of nitro benzene ring substituents is 1. The number of hydrogen-bond acceptors (Lipinski definition) is 5. The van der Waals surface area contributed by atoms with Gasteiger partial charge < -0.3 is 9.73 Å². The third kappa shape index (κ3) is 3.38. The molecule has 7 nitrogen and oxygen atoms in total. The maximum Gasteiger partial charge on any atom is 0.270 e. The molecule has 1 N–H and O–H groups in total. The number of aromatic nitrogens is 1. The fourth-order valence-electron chi connectivity index (χ4n) is 2.67. The van der Waals surface area contributed by atoms with Gasteiger partial charge in [-0.1, -0.05) is 24.3 Å². The van der Waals surface area contributed by atoms with Gasteiger partial charge in [-0.25, -0.2) is 4.98 Å². The monoisotopic (exact) mass is 359 g/mol. The van der Waals surface area contributed by atoms with Crippen LogP contribution in [0.1, 0.15) is 10.4 Å². The van der Waals surface area contributed by atoms with Gasteiger partial charge in [-0.2, -0.15) is 0 Å². The molecule has 0 aliphatic rings. The standard InChI is InChI=1S/C20H13N3O4/c24-19(14-7-4-8-16(11-14)23(25)26)21-15-9-10-18-17(12-15)22-20(27-18)13-5-2-1-3-6-13/h1-12H,(H,21,24). The fourth-order valence-corrected chi connectivity index (χ4v) is 2.67. The number of carbonyl (C=O) groups excluding carboxylic acids is 1. The van der Waals surface area contributed by atoms with E-state index in [0.717, 1.165) is 5.56 Å². The maximum absolute atomic E-state index is 12.4. The van der Waals surface area contributed by atoms with Crippen molar-refractivity contribution in [1.82, 2.24) is 4.98 Å². The summed E-state index contributed by atoms with van der Waals surface area (Å²) in [6.07, 6.45) is 0. The zero-order chi connectivity index (χ0) is 18.8. The quantitative estimate of drug-likeness (QED) is 0.422. The molecule has 0 spiro atoms. The number of benzene rings is 3. The summed E-state index contributed by atoms with van der Waals surface area (Å²) in [6.45, 7) is 0. The third-order valence-corrected chi connectivity index (χ3v) is 3.99. The molecule has 0 fully saturated rings. The number of fused-ring (bicyclic) bond motifs is 1. The van der Waals surface area contributed by atoms with Crippen LogP contribution < -0.4 is 5.32 Å². The molecule has 1 aromatic heterocycles. The summed E-state index contributed by atoms with van der Waals surface area (Å²) in [7, 11) is 0. The van der Waals surface area contributed by atoms with Gasteiger partial charge in [0.15, 0.2) is 5.58 Å². The highest BCUT2D eigenvalue weighted by atomic mass is 16.6. The van der Waals surface area contributed by atoms with E-state index in [2.05, 4.69) is 10.3 Å². The highest BCUT2D eigenvalue weighted by Gasteiger charge is 2.13. The van der Waals surface area contributed by atoms with Crippen LogP contribution in [0.15, 0.2) is 77.2 Å². The summed E-state index contributed by atoms with van der Waals surface area (Å²) in [5, 5.41) is 13.6. The topological polar surface area (TPSA) is 98.3 Å². The molecule has 0 saturated heterocycles. The number of oxazole rings is 1. The lowest BCUT2D eigenvalue weighted by Crippen LogP contribution is -2.12. The zero-order valence-electron chi connectivity index (χ0n) is 14.0. The van der Waals surface area contributed by atoms with Gasteiger partial charge in [0.2, 0.25) is 5.89 Å². The van der Waals surface area contributed by atoms with Gasteiger partial charge in [0.25, 0.3) is 11.6 Å². The largest absolute Gasteiger partial charge is 0.436 e. The Kier molecular flexibility index (Phi) is 4.10. The van der Waals surface area contributed by atoms with Crippen molar-refractivity contribution in [3.05, 3.63) is 88.5 Å². The molecule has 132 valence electrons. The SMILES string of the molecule is O=C(Nc1ccc2oc(-c3ccccc3)nc2c1)c1cccc([N+](=O)[O-])c1. The Morgan fingerprint density at radius 1 is 1.00 bits per heavy atom. The Morgan fingerprint density at radius 3 is 2.59 bits per heavy atom. The second-order valence-corrected chi connectivity index (χ2v) is 5.83. The predicted octanol–water partition coefficient (Wildman–Crippen LogP) is 4.66. The first-order valence-corrected chi connectivity index (χ1v) is 8.12. The van der Waals surface area contributed by atoms with E-state index >= 15 is 0 Å². The van der Waals surface area contributed by atoms with Crippen molar-refractivity contribution in [2.45, 2.75) is 0 Å². The van der Waals surface area contributed by atoms with Crippen molar-refractivity contribution < 1.29 is 14.1 Å². The van der Waals surface area contributed by atoms with Crippen LogP contribution in [0.3, 0.4) is 0 Å². The minimum Gasteiger partial charge on any atom is -0.436 e. The predicted molar refractivity (Wildman–Crippen MR) is 100 cm³/mol. The van der Waals surface area contributed by atoms with Crippen molar-refractivity contribution in [3.8, 4) is 11.5 Å². The molecular weight excluding hydrogens is 346 g/mol. The van der Waals surface area contributed by atoms with Crippen molar-refractivity contribution in [3.63, 3.8) is 0 Å². The molecule has 0 radical (unpaired) electrons. The summed E-state index contributed by atoms with van der Waals surface area (Å²) in [4.78, 5) is 27.1. The molecule has 0 aliphatic heterocycles. The van der Waals surface area contributed by atoms with Crippen LogP contribution in [0.5, 0.6) is 0 Å². The number of rotatable bonds is 4. The van der Waals surface area contributed by atoms with Crippen LogP contribution in [0.2, 0.25) is 0 Å². The first kappa shape index (κ1) is 16.5. The number of amides is 1. The Balaban J connectivity index is 1.60. The molecule has 0 aliphatic carbocycles. The molecule has 0 unspecified atom stereocenters. The molecule has 27 heavy (non-hydrogen) atoms. The minimum absolute atomic E-state index is 0.137. The van der Waals surface area contributed by atoms with Crippen molar-refractivity contribution in [2.24, 2.45) is 0 Å². The molecule has 0 bridgehead atoms. The molecular formula is C20H13N3O4. The van der Waals surface area contributed by atoms with E-state index in [9.17, 15) is 14.9 Å². The first-order valence-electron chi connectivity index (χ1n) is 8.12. The van der Waals surface area contributed by atoms with Crippen LogP contribution in [0.25, 0.3) is 22.6 Å². The van der Waals surface area contributed by atoms with Gasteiger partial charge in [-0.05, 0) is 36.4 Å². The average Bonchev–Trinajstić information content (AvgIpc) is 3.12. The number of hydrogen-bond donors (Lipinski definition) is 1.